The molecule has 0 unspecified atom stereocenters. The molecule has 5 nitrogen and oxygen atoms in total. The molecule has 27 heavy (non-hydrogen) atoms. The van der Waals surface area contributed by atoms with Crippen LogP contribution in [0.5, 0.6) is 0 Å². The number of aromatic nitrogens is 2. The summed E-state index contributed by atoms with van der Waals surface area (Å²) in [6.45, 7) is -0.0153. The Kier molecular flexibility index (Phi) is 6.06. The normalized spacial score (nSPS) is 16.4. The molecule has 1 aromatic heterocycles. The van der Waals surface area contributed by atoms with Crippen molar-refractivity contribution in [2.75, 3.05) is 19.6 Å². The summed E-state index contributed by atoms with van der Waals surface area (Å²) in [5, 5.41) is 7.75. The third kappa shape index (κ3) is 5.71. The fraction of sp³-hybridized carbons (Fsp3) is 0.444. The molecule has 0 aliphatic carbocycles. The Morgan fingerprint density at radius 3 is 2.52 bits per heavy atom. The molecular weight excluding hydrogens is 381 g/mol. The van der Waals surface area contributed by atoms with Crippen molar-refractivity contribution >= 4 is 17.5 Å². The molecule has 0 atom stereocenters. The molecule has 0 bridgehead atoms. The number of amides is 1. The van der Waals surface area contributed by atoms with Gasteiger partial charge >= 0.3 is 6.18 Å². The van der Waals surface area contributed by atoms with Gasteiger partial charge in [-0.25, -0.2) is 4.68 Å². The zero-order valence-electron chi connectivity index (χ0n) is 14.5. The number of alkyl halides is 3. The second kappa shape index (κ2) is 8.31. The third-order valence-electron chi connectivity index (χ3n) is 4.56. The minimum atomic E-state index is -4.20. The molecule has 9 heteroatoms. The minimum absolute atomic E-state index is 0.124. The van der Waals surface area contributed by atoms with Crippen LogP contribution in [0, 0.1) is 5.92 Å². The lowest BCUT2D eigenvalue weighted by atomic mass is 9.96. The SMILES string of the molecule is O=C(NCc1cnn(-c2ccc(Cl)cc2)c1)C1CCN(CC(F)(F)F)CC1. The van der Waals surface area contributed by atoms with Crippen LogP contribution in [0.2, 0.25) is 5.02 Å². The Morgan fingerprint density at radius 2 is 1.89 bits per heavy atom. The van der Waals surface area contributed by atoms with E-state index in [9.17, 15) is 18.0 Å². The maximum atomic E-state index is 12.4. The number of piperidine rings is 1. The Hall–Kier alpha value is -2.06. The maximum Gasteiger partial charge on any atom is 0.401 e. The number of likely N-dealkylation sites (tertiary alicyclic amines) is 1. The number of hydrogen-bond acceptors (Lipinski definition) is 3. The quantitative estimate of drug-likeness (QED) is 0.836. The van der Waals surface area contributed by atoms with Crippen molar-refractivity contribution in [1.82, 2.24) is 20.0 Å². The van der Waals surface area contributed by atoms with E-state index in [1.165, 1.54) is 4.90 Å². The van der Waals surface area contributed by atoms with Gasteiger partial charge in [0.05, 0.1) is 18.4 Å². The van der Waals surface area contributed by atoms with Crippen LogP contribution in [0.1, 0.15) is 18.4 Å². The lowest BCUT2D eigenvalue weighted by Crippen LogP contribution is -2.43. The molecule has 1 amide bonds. The van der Waals surface area contributed by atoms with Gasteiger partial charge in [-0.1, -0.05) is 11.6 Å². The van der Waals surface area contributed by atoms with Crippen molar-refractivity contribution in [2.45, 2.75) is 25.6 Å². The zero-order chi connectivity index (χ0) is 19.4. The van der Waals surface area contributed by atoms with Gasteiger partial charge in [0.1, 0.15) is 0 Å². The molecule has 1 aromatic carbocycles. The molecule has 0 spiro atoms. The largest absolute Gasteiger partial charge is 0.401 e. The number of hydrogen-bond donors (Lipinski definition) is 1. The fourth-order valence-corrected chi connectivity index (χ4v) is 3.25. The number of rotatable bonds is 5. The third-order valence-corrected chi connectivity index (χ3v) is 4.81. The van der Waals surface area contributed by atoms with Gasteiger partial charge in [-0.05, 0) is 50.2 Å². The molecular formula is C18H20ClF3N4O. The predicted molar refractivity (Wildman–Crippen MR) is 95.6 cm³/mol. The van der Waals surface area contributed by atoms with E-state index in [4.69, 9.17) is 11.6 Å². The molecule has 2 heterocycles. The first kappa shape index (κ1) is 19.7. The molecule has 3 rings (SSSR count). The van der Waals surface area contributed by atoms with Crippen molar-refractivity contribution in [1.29, 1.82) is 0 Å². The van der Waals surface area contributed by atoms with Crippen molar-refractivity contribution in [3.8, 4) is 5.69 Å². The molecule has 146 valence electrons. The summed E-state index contributed by atoms with van der Waals surface area (Å²) in [6, 6.07) is 7.22. The van der Waals surface area contributed by atoms with Crippen LogP contribution in [-0.2, 0) is 11.3 Å². The molecule has 1 aliphatic rings. The van der Waals surface area contributed by atoms with Gasteiger partial charge in [0.15, 0.2) is 0 Å². The first-order valence-electron chi connectivity index (χ1n) is 8.66. The van der Waals surface area contributed by atoms with Crippen LogP contribution in [0.25, 0.3) is 5.69 Å². The molecule has 0 saturated carbocycles. The molecule has 0 radical (unpaired) electrons. The summed E-state index contributed by atoms with van der Waals surface area (Å²) in [6.07, 6.45) is 0.160. The summed E-state index contributed by atoms with van der Waals surface area (Å²) < 4.78 is 38.9. The number of nitrogens with one attached hydrogen (secondary N) is 1. The first-order valence-corrected chi connectivity index (χ1v) is 9.04. The first-order chi connectivity index (χ1) is 12.8. The Labute approximate surface area is 160 Å². The van der Waals surface area contributed by atoms with E-state index in [0.717, 1.165) is 11.3 Å². The zero-order valence-corrected chi connectivity index (χ0v) is 15.3. The van der Waals surface area contributed by atoms with E-state index >= 15 is 0 Å². The topological polar surface area (TPSA) is 50.2 Å². The highest BCUT2D eigenvalue weighted by Gasteiger charge is 2.33. The van der Waals surface area contributed by atoms with Gasteiger partial charge in [-0.3, -0.25) is 9.69 Å². The smallest absolute Gasteiger partial charge is 0.352 e. The number of benzene rings is 1. The van der Waals surface area contributed by atoms with Crippen molar-refractivity contribution in [3.63, 3.8) is 0 Å². The summed E-state index contributed by atoms with van der Waals surface area (Å²) in [5.41, 5.74) is 1.70. The second-order valence-corrected chi connectivity index (χ2v) is 7.09. The van der Waals surface area contributed by atoms with Crippen LogP contribution >= 0.6 is 11.6 Å². The van der Waals surface area contributed by atoms with Crippen LogP contribution in [0.4, 0.5) is 13.2 Å². The molecule has 2 aromatic rings. The minimum Gasteiger partial charge on any atom is -0.352 e. The van der Waals surface area contributed by atoms with Crippen molar-refractivity contribution in [3.05, 3.63) is 47.2 Å². The lowest BCUT2D eigenvalue weighted by molar-refractivity contribution is -0.149. The van der Waals surface area contributed by atoms with Crippen molar-refractivity contribution < 1.29 is 18.0 Å². The van der Waals surface area contributed by atoms with Gasteiger partial charge in [0.2, 0.25) is 5.91 Å². The number of carbonyl (C=O) groups is 1. The highest BCUT2D eigenvalue weighted by Crippen LogP contribution is 2.22. The number of carbonyl (C=O) groups excluding carboxylic acids is 1. The van der Waals surface area contributed by atoms with Crippen LogP contribution in [0.15, 0.2) is 36.7 Å². The molecule has 1 fully saturated rings. The van der Waals surface area contributed by atoms with E-state index in [0.29, 0.717) is 24.4 Å². The van der Waals surface area contributed by atoms with E-state index in [1.807, 2.05) is 18.3 Å². The van der Waals surface area contributed by atoms with Crippen LogP contribution in [-0.4, -0.2) is 46.4 Å². The monoisotopic (exact) mass is 400 g/mol. The maximum absolute atomic E-state index is 12.4. The molecule has 1 saturated heterocycles. The van der Waals surface area contributed by atoms with E-state index in [2.05, 4.69) is 10.4 Å². The summed E-state index contributed by atoms with van der Waals surface area (Å²) in [5.74, 6) is -0.373. The molecule has 1 aliphatic heterocycles. The Balaban J connectivity index is 1.47. The lowest BCUT2D eigenvalue weighted by Gasteiger charge is -2.31. The van der Waals surface area contributed by atoms with Gasteiger partial charge in [0, 0.05) is 29.2 Å². The predicted octanol–water partition coefficient (Wildman–Crippen LogP) is 3.42. The van der Waals surface area contributed by atoms with Crippen LogP contribution in [0.3, 0.4) is 0 Å². The molecule has 1 N–H and O–H groups in total. The highest BCUT2D eigenvalue weighted by molar-refractivity contribution is 6.30. The van der Waals surface area contributed by atoms with Crippen molar-refractivity contribution in [2.24, 2.45) is 5.92 Å². The van der Waals surface area contributed by atoms with E-state index in [1.54, 1.807) is 23.0 Å². The van der Waals surface area contributed by atoms with E-state index < -0.39 is 12.7 Å². The number of halogens is 4. The average Bonchev–Trinajstić information content (AvgIpc) is 3.08. The Morgan fingerprint density at radius 1 is 1.22 bits per heavy atom. The fourth-order valence-electron chi connectivity index (χ4n) is 3.13. The van der Waals surface area contributed by atoms with Gasteiger partial charge in [-0.15, -0.1) is 0 Å². The second-order valence-electron chi connectivity index (χ2n) is 6.65. The standard InChI is InChI=1S/C18H20ClF3N4O/c19-15-1-3-16(4-2-15)26-11-13(10-24-26)9-23-17(27)14-5-7-25(8-6-14)12-18(20,21)22/h1-4,10-11,14H,5-9,12H2,(H,23,27). The van der Waals surface area contributed by atoms with Gasteiger partial charge < -0.3 is 5.32 Å². The Bertz CT molecular complexity index is 768. The summed E-state index contributed by atoms with van der Waals surface area (Å²) in [7, 11) is 0. The van der Waals surface area contributed by atoms with E-state index in [-0.39, 0.29) is 24.9 Å². The van der Waals surface area contributed by atoms with Gasteiger partial charge in [0.25, 0.3) is 0 Å². The highest BCUT2D eigenvalue weighted by atomic mass is 35.5. The summed E-state index contributed by atoms with van der Waals surface area (Å²) >= 11 is 5.87. The van der Waals surface area contributed by atoms with Gasteiger partial charge in [-0.2, -0.15) is 18.3 Å². The summed E-state index contributed by atoms with van der Waals surface area (Å²) in [4.78, 5) is 13.6. The number of nitrogens with zero attached hydrogens (tertiary/aromatic N) is 3. The average molecular weight is 401 g/mol. The van der Waals surface area contributed by atoms with Crippen LogP contribution < -0.4 is 5.32 Å².